The minimum absolute atomic E-state index is 0.335. The second-order valence-electron chi connectivity index (χ2n) is 5.38. The van der Waals surface area contributed by atoms with E-state index < -0.39 is 22.2 Å². The highest BCUT2D eigenvalue weighted by Gasteiger charge is 2.47. The van der Waals surface area contributed by atoms with Crippen LogP contribution >= 0.6 is 0 Å². The molecular formula is C13H25F3O3S. The third-order valence-corrected chi connectivity index (χ3v) is 3.99. The summed E-state index contributed by atoms with van der Waals surface area (Å²) in [5, 5.41) is 0. The van der Waals surface area contributed by atoms with Gasteiger partial charge in [0.1, 0.15) is 0 Å². The highest BCUT2D eigenvalue weighted by molar-refractivity contribution is 7.87. The number of unbranched alkanes of at least 4 members (excludes halogenated alkanes) is 6. The quantitative estimate of drug-likeness (QED) is 0.317. The summed E-state index contributed by atoms with van der Waals surface area (Å²) in [5.41, 5.74) is -5.32. The summed E-state index contributed by atoms with van der Waals surface area (Å²) in [5.74, 6) is 0.725. The van der Waals surface area contributed by atoms with Gasteiger partial charge in [0.2, 0.25) is 0 Å². The Morgan fingerprint density at radius 1 is 0.900 bits per heavy atom. The Morgan fingerprint density at radius 3 is 1.80 bits per heavy atom. The molecule has 0 radical (unpaired) electrons. The van der Waals surface area contributed by atoms with Crippen LogP contribution in [-0.4, -0.2) is 20.5 Å². The van der Waals surface area contributed by atoms with Crippen LogP contribution in [0.1, 0.15) is 65.2 Å². The van der Waals surface area contributed by atoms with Crippen LogP contribution in [0.4, 0.5) is 13.2 Å². The summed E-state index contributed by atoms with van der Waals surface area (Å²) in [6.45, 7) is 3.99. The normalized spacial score (nSPS) is 13.1. The monoisotopic (exact) mass is 318 g/mol. The van der Waals surface area contributed by atoms with Crippen LogP contribution in [0.5, 0.6) is 0 Å². The van der Waals surface area contributed by atoms with E-state index in [2.05, 4.69) is 18.0 Å². The number of hydrogen-bond donors (Lipinski definition) is 0. The fourth-order valence-corrected chi connectivity index (χ4v) is 2.24. The van der Waals surface area contributed by atoms with E-state index in [0.717, 1.165) is 25.2 Å². The van der Waals surface area contributed by atoms with E-state index in [1.165, 1.54) is 19.3 Å². The van der Waals surface area contributed by atoms with Crippen molar-refractivity contribution in [3.63, 3.8) is 0 Å². The standard InChI is InChI=1S/C13H25F3O3S/c1-12(2)10-8-6-4-3-5-7-9-11-19-20(17,18)13(14,15)16/h12H,3-11H2,1-2H3. The lowest BCUT2D eigenvalue weighted by atomic mass is 10.0. The molecule has 0 aromatic rings. The van der Waals surface area contributed by atoms with E-state index in [1.54, 1.807) is 0 Å². The molecule has 0 unspecified atom stereocenters. The van der Waals surface area contributed by atoms with Gasteiger partial charge in [0.15, 0.2) is 0 Å². The average Bonchev–Trinajstić information content (AvgIpc) is 2.29. The minimum atomic E-state index is -5.41. The molecule has 0 bridgehead atoms. The molecule has 0 atom stereocenters. The van der Waals surface area contributed by atoms with Crippen LogP contribution in [0.15, 0.2) is 0 Å². The molecule has 7 heteroatoms. The van der Waals surface area contributed by atoms with Crippen molar-refractivity contribution >= 4 is 10.1 Å². The van der Waals surface area contributed by atoms with Crippen molar-refractivity contribution in [3.05, 3.63) is 0 Å². The lowest BCUT2D eigenvalue weighted by molar-refractivity contribution is -0.0542. The third kappa shape index (κ3) is 9.58. The lowest BCUT2D eigenvalue weighted by Gasteiger charge is -2.08. The minimum Gasteiger partial charge on any atom is -0.263 e. The van der Waals surface area contributed by atoms with Crippen molar-refractivity contribution < 1.29 is 25.8 Å². The maximum Gasteiger partial charge on any atom is 0.523 e. The van der Waals surface area contributed by atoms with Gasteiger partial charge in [-0.05, 0) is 12.3 Å². The van der Waals surface area contributed by atoms with Crippen molar-refractivity contribution in [2.75, 3.05) is 6.61 Å². The number of hydrogen-bond acceptors (Lipinski definition) is 3. The van der Waals surface area contributed by atoms with Gasteiger partial charge in [-0.2, -0.15) is 21.6 Å². The molecule has 0 rings (SSSR count). The van der Waals surface area contributed by atoms with Gasteiger partial charge in [0.05, 0.1) is 6.61 Å². The number of halogens is 3. The smallest absolute Gasteiger partial charge is 0.263 e. The lowest BCUT2D eigenvalue weighted by Crippen LogP contribution is -2.25. The Balaban J connectivity index is 3.42. The predicted octanol–water partition coefficient (Wildman–Crippen LogP) is 4.63. The maximum atomic E-state index is 11.9. The molecule has 0 aliphatic rings. The molecule has 0 aromatic heterocycles. The van der Waals surface area contributed by atoms with Gasteiger partial charge in [-0.25, -0.2) is 0 Å². The van der Waals surface area contributed by atoms with Gasteiger partial charge in [-0.3, -0.25) is 4.18 Å². The first kappa shape index (κ1) is 19.7. The van der Waals surface area contributed by atoms with E-state index in [-0.39, 0.29) is 0 Å². The van der Waals surface area contributed by atoms with Crippen LogP contribution in [0.2, 0.25) is 0 Å². The highest BCUT2D eigenvalue weighted by atomic mass is 32.2. The first-order valence-electron chi connectivity index (χ1n) is 7.12. The Labute approximate surface area is 120 Å². The zero-order chi connectivity index (χ0) is 15.6. The number of rotatable bonds is 11. The molecular weight excluding hydrogens is 293 g/mol. The van der Waals surface area contributed by atoms with Crippen LogP contribution in [0, 0.1) is 5.92 Å². The molecule has 0 saturated carbocycles. The molecule has 20 heavy (non-hydrogen) atoms. The van der Waals surface area contributed by atoms with Gasteiger partial charge in [-0.1, -0.05) is 58.8 Å². The molecule has 0 amide bonds. The molecule has 0 saturated heterocycles. The van der Waals surface area contributed by atoms with Crippen LogP contribution < -0.4 is 0 Å². The average molecular weight is 318 g/mol. The molecule has 0 aliphatic heterocycles. The Morgan fingerprint density at radius 2 is 1.35 bits per heavy atom. The third-order valence-electron chi connectivity index (χ3n) is 2.95. The van der Waals surface area contributed by atoms with Crippen molar-refractivity contribution in [2.24, 2.45) is 5.92 Å². The van der Waals surface area contributed by atoms with E-state index in [9.17, 15) is 21.6 Å². The summed E-state index contributed by atoms with van der Waals surface area (Å²) in [7, 11) is -5.41. The van der Waals surface area contributed by atoms with E-state index in [1.807, 2.05) is 0 Å². The number of alkyl halides is 3. The second kappa shape index (κ2) is 9.60. The maximum absolute atomic E-state index is 11.9. The van der Waals surface area contributed by atoms with Crippen LogP contribution in [0.25, 0.3) is 0 Å². The van der Waals surface area contributed by atoms with E-state index in [4.69, 9.17) is 0 Å². The van der Waals surface area contributed by atoms with Gasteiger partial charge in [0, 0.05) is 0 Å². The Bertz CT molecular complexity index is 337. The molecule has 0 heterocycles. The van der Waals surface area contributed by atoms with Crippen molar-refractivity contribution in [2.45, 2.75) is 70.7 Å². The summed E-state index contributed by atoms with van der Waals surface area (Å²) in [6.07, 6.45) is 7.69. The fraction of sp³-hybridized carbons (Fsp3) is 1.00. The molecule has 122 valence electrons. The first-order chi connectivity index (χ1) is 9.17. The molecule has 0 aromatic carbocycles. The summed E-state index contributed by atoms with van der Waals surface area (Å²) >= 11 is 0. The Kier molecular flexibility index (Phi) is 9.46. The topological polar surface area (TPSA) is 43.4 Å². The van der Waals surface area contributed by atoms with Crippen molar-refractivity contribution in [1.29, 1.82) is 0 Å². The van der Waals surface area contributed by atoms with Gasteiger partial charge < -0.3 is 0 Å². The zero-order valence-electron chi connectivity index (χ0n) is 12.2. The fourth-order valence-electron chi connectivity index (χ4n) is 1.77. The molecule has 0 spiro atoms. The molecule has 0 N–H and O–H groups in total. The molecule has 0 fully saturated rings. The first-order valence-corrected chi connectivity index (χ1v) is 8.53. The second-order valence-corrected chi connectivity index (χ2v) is 6.99. The van der Waals surface area contributed by atoms with Crippen molar-refractivity contribution in [3.8, 4) is 0 Å². The van der Waals surface area contributed by atoms with Gasteiger partial charge >= 0.3 is 15.6 Å². The largest absolute Gasteiger partial charge is 0.523 e. The zero-order valence-corrected chi connectivity index (χ0v) is 13.0. The van der Waals surface area contributed by atoms with Gasteiger partial charge in [0.25, 0.3) is 0 Å². The van der Waals surface area contributed by atoms with Crippen LogP contribution in [0.3, 0.4) is 0 Å². The van der Waals surface area contributed by atoms with Crippen molar-refractivity contribution in [1.82, 2.24) is 0 Å². The summed E-state index contributed by atoms with van der Waals surface area (Å²) in [6, 6.07) is 0. The Hall–Kier alpha value is -0.300. The molecule has 0 aliphatic carbocycles. The molecule has 3 nitrogen and oxygen atoms in total. The summed E-state index contributed by atoms with van der Waals surface area (Å²) in [4.78, 5) is 0. The van der Waals surface area contributed by atoms with Crippen LogP contribution in [-0.2, 0) is 14.3 Å². The van der Waals surface area contributed by atoms with E-state index in [0.29, 0.717) is 12.8 Å². The predicted molar refractivity (Wildman–Crippen MR) is 72.7 cm³/mol. The van der Waals surface area contributed by atoms with Gasteiger partial charge in [-0.15, -0.1) is 0 Å². The highest BCUT2D eigenvalue weighted by Crippen LogP contribution is 2.24. The SMILES string of the molecule is CC(C)CCCCCCCCCOS(=O)(=O)C(F)(F)F. The summed E-state index contributed by atoms with van der Waals surface area (Å²) < 4.78 is 60.8. The van der Waals surface area contributed by atoms with E-state index >= 15 is 0 Å².